The fraction of sp³-hybridized carbons (Fsp3) is 0.174. The van der Waals surface area contributed by atoms with E-state index in [9.17, 15) is 4.79 Å². The van der Waals surface area contributed by atoms with Gasteiger partial charge in [0.25, 0.3) is 5.91 Å². The predicted molar refractivity (Wildman–Crippen MR) is 105 cm³/mol. The van der Waals surface area contributed by atoms with Crippen LogP contribution in [0, 0.1) is 0 Å². The van der Waals surface area contributed by atoms with Crippen LogP contribution in [0.15, 0.2) is 72.8 Å². The van der Waals surface area contributed by atoms with Crippen molar-refractivity contribution in [2.24, 2.45) is 0 Å². The molecule has 1 aliphatic heterocycles. The first-order chi connectivity index (χ1) is 13.2. The van der Waals surface area contributed by atoms with Gasteiger partial charge >= 0.3 is 0 Å². The summed E-state index contributed by atoms with van der Waals surface area (Å²) in [6.07, 6.45) is 0. The molecule has 0 aliphatic carbocycles. The van der Waals surface area contributed by atoms with Crippen LogP contribution in [0.3, 0.4) is 0 Å². The first kappa shape index (κ1) is 17.2. The molecule has 1 heterocycles. The van der Waals surface area contributed by atoms with Gasteiger partial charge < -0.3 is 14.4 Å². The van der Waals surface area contributed by atoms with Crippen molar-refractivity contribution in [1.82, 2.24) is 4.90 Å². The van der Waals surface area contributed by atoms with Crippen molar-refractivity contribution in [2.75, 3.05) is 20.3 Å². The topological polar surface area (TPSA) is 38.8 Å². The van der Waals surface area contributed by atoms with E-state index >= 15 is 0 Å². The van der Waals surface area contributed by atoms with Crippen LogP contribution >= 0.6 is 0 Å². The van der Waals surface area contributed by atoms with E-state index in [2.05, 4.69) is 12.1 Å². The van der Waals surface area contributed by atoms with Crippen molar-refractivity contribution in [1.29, 1.82) is 0 Å². The highest BCUT2D eigenvalue weighted by molar-refractivity contribution is 5.94. The summed E-state index contributed by atoms with van der Waals surface area (Å²) in [6.45, 7) is 1.64. The number of hydrogen-bond acceptors (Lipinski definition) is 3. The maximum absolute atomic E-state index is 12.8. The number of fused-ring (bicyclic) bond motifs is 1. The van der Waals surface area contributed by atoms with Crippen molar-refractivity contribution in [2.45, 2.75) is 6.54 Å². The second kappa shape index (κ2) is 7.54. The third-order valence-corrected chi connectivity index (χ3v) is 4.61. The van der Waals surface area contributed by atoms with Gasteiger partial charge in [-0.15, -0.1) is 0 Å². The van der Waals surface area contributed by atoms with E-state index in [1.54, 1.807) is 4.90 Å². The Morgan fingerprint density at radius 3 is 2.26 bits per heavy atom. The Kier molecular flexibility index (Phi) is 4.79. The molecule has 136 valence electrons. The normalized spacial score (nSPS) is 12.5. The molecule has 0 saturated carbocycles. The lowest BCUT2D eigenvalue weighted by Crippen LogP contribution is -2.26. The predicted octanol–water partition coefficient (Wildman–Crippen LogP) is 4.40. The van der Waals surface area contributed by atoms with Crippen LogP contribution in [0.25, 0.3) is 11.1 Å². The van der Waals surface area contributed by atoms with E-state index in [1.807, 2.05) is 67.7 Å². The Hall–Kier alpha value is -3.27. The van der Waals surface area contributed by atoms with Gasteiger partial charge in [0.15, 0.2) is 11.5 Å². The van der Waals surface area contributed by atoms with Gasteiger partial charge in [0.1, 0.15) is 13.2 Å². The number of amides is 1. The van der Waals surface area contributed by atoms with Crippen molar-refractivity contribution in [3.05, 3.63) is 83.9 Å². The van der Waals surface area contributed by atoms with Gasteiger partial charge in [-0.1, -0.05) is 48.5 Å². The highest BCUT2D eigenvalue weighted by atomic mass is 16.6. The largest absolute Gasteiger partial charge is 0.486 e. The molecule has 1 amide bonds. The molecule has 0 radical (unpaired) electrons. The molecular formula is C23H21NO3. The zero-order chi connectivity index (χ0) is 18.6. The smallest absolute Gasteiger partial charge is 0.253 e. The van der Waals surface area contributed by atoms with Gasteiger partial charge in [-0.2, -0.15) is 0 Å². The Bertz CT molecular complexity index is 936. The number of benzene rings is 3. The van der Waals surface area contributed by atoms with Crippen LogP contribution in [0.2, 0.25) is 0 Å². The molecule has 4 heteroatoms. The summed E-state index contributed by atoms with van der Waals surface area (Å²) in [5.41, 5.74) is 3.92. The zero-order valence-corrected chi connectivity index (χ0v) is 15.2. The molecule has 0 saturated heterocycles. The van der Waals surface area contributed by atoms with Gasteiger partial charge in [0.05, 0.1) is 0 Å². The Balaban J connectivity index is 1.46. The van der Waals surface area contributed by atoms with Gasteiger partial charge in [0, 0.05) is 19.2 Å². The van der Waals surface area contributed by atoms with E-state index in [0.717, 1.165) is 28.2 Å². The molecule has 3 aromatic carbocycles. The van der Waals surface area contributed by atoms with Gasteiger partial charge in [-0.05, 0) is 41.0 Å². The number of rotatable bonds is 4. The molecule has 1 aliphatic rings. The van der Waals surface area contributed by atoms with E-state index < -0.39 is 0 Å². The van der Waals surface area contributed by atoms with Gasteiger partial charge in [-0.3, -0.25) is 4.79 Å². The third-order valence-electron chi connectivity index (χ3n) is 4.61. The fourth-order valence-corrected chi connectivity index (χ4v) is 3.19. The van der Waals surface area contributed by atoms with Crippen molar-refractivity contribution in [3.8, 4) is 22.6 Å². The van der Waals surface area contributed by atoms with E-state index in [0.29, 0.717) is 25.3 Å². The van der Waals surface area contributed by atoms with E-state index in [4.69, 9.17) is 9.47 Å². The minimum Gasteiger partial charge on any atom is -0.486 e. The first-order valence-corrected chi connectivity index (χ1v) is 9.00. The number of carbonyl (C=O) groups is 1. The molecule has 4 rings (SSSR count). The molecule has 0 N–H and O–H groups in total. The van der Waals surface area contributed by atoms with Crippen molar-refractivity contribution in [3.63, 3.8) is 0 Å². The summed E-state index contributed by atoms with van der Waals surface area (Å²) in [6, 6.07) is 23.7. The average Bonchev–Trinajstić information content (AvgIpc) is 2.74. The maximum Gasteiger partial charge on any atom is 0.253 e. The van der Waals surface area contributed by atoms with Crippen LogP contribution in [0.4, 0.5) is 0 Å². The van der Waals surface area contributed by atoms with E-state index in [1.165, 1.54) is 0 Å². The quantitative estimate of drug-likeness (QED) is 0.693. The Labute approximate surface area is 159 Å². The lowest BCUT2D eigenvalue weighted by Gasteiger charge is -2.21. The molecule has 0 unspecified atom stereocenters. The summed E-state index contributed by atoms with van der Waals surface area (Å²) in [4.78, 5) is 14.5. The number of nitrogens with zero attached hydrogens (tertiary/aromatic N) is 1. The van der Waals surface area contributed by atoms with Crippen LogP contribution in [0.5, 0.6) is 11.5 Å². The highest BCUT2D eigenvalue weighted by Crippen LogP contribution is 2.31. The zero-order valence-electron chi connectivity index (χ0n) is 15.2. The number of carbonyl (C=O) groups excluding carboxylic acids is 1. The standard InChI is InChI=1S/C23H21NO3/c1-24(16-17-7-12-21-22(15-17)27-14-13-26-21)23(25)20-10-8-19(9-11-20)18-5-3-2-4-6-18/h2-12,15H,13-14,16H2,1H3. The van der Waals surface area contributed by atoms with Crippen LogP contribution in [-0.2, 0) is 6.54 Å². The SMILES string of the molecule is CN(Cc1ccc2c(c1)OCCO2)C(=O)c1ccc(-c2ccccc2)cc1. The summed E-state index contributed by atoms with van der Waals surface area (Å²) < 4.78 is 11.2. The van der Waals surface area contributed by atoms with Crippen LogP contribution in [0.1, 0.15) is 15.9 Å². The Morgan fingerprint density at radius 1 is 0.852 bits per heavy atom. The van der Waals surface area contributed by atoms with Gasteiger partial charge in [-0.25, -0.2) is 0 Å². The number of hydrogen-bond donors (Lipinski definition) is 0. The summed E-state index contributed by atoms with van der Waals surface area (Å²) in [7, 11) is 1.81. The minimum atomic E-state index is -0.00972. The second-order valence-electron chi connectivity index (χ2n) is 6.58. The average molecular weight is 359 g/mol. The highest BCUT2D eigenvalue weighted by Gasteiger charge is 2.15. The molecule has 0 aromatic heterocycles. The first-order valence-electron chi connectivity index (χ1n) is 9.00. The molecule has 0 spiro atoms. The molecule has 0 bridgehead atoms. The fourth-order valence-electron chi connectivity index (χ4n) is 3.19. The van der Waals surface area contributed by atoms with Crippen LogP contribution in [-0.4, -0.2) is 31.1 Å². The summed E-state index contributed by atoms with van der Waals surface area (Å²) in [5.74, 6) is 1.49. The Morgan fingerprint density at radius 2 is 1.52 bits per heavy atom. The van der Waals surface area contributed by atoms with Gasteiger partial charge in [0.2, 0.25) is 0 Å². The van der Waals surface area contributed by atoms with Crippen molar-refractivity contribution >= 4 is 5.91 Å². The lowest BCUT2D eigenvalue weighted by atomic mass is 10.0. The van der Waals surface area contributed by atoms with Crippen LogP contribution < -0.4 is 9.47 Å². The van der Waals surface area contributed by atoms with Crippen molar-refractivity contribution < 1.29 is 14.3 Å². The van der Waals surface area contributed by atoms with E-state index in [-0.39, 0.29) is 5.91 Å². The molecule has 0 fully saturated rings. The molecule has 3 aromatic rings. The molecule has 0 atom stereocenters. The minimum absolute atomic E-state index is 0.00972. The molecular weight excluding hydrogens is 338 g/mol. The molecule has 27 heavy (non-hydrogen) atoms. The second-order valence-corrected chi connectivity index (χ2v) is 6.58. The maximum atomic E-state index is 12.8. The summed E-state index contributed by atoms with van der Waals surface area (Å²) in [5, 5.41) is 0. The monoisotopic (exact) mass is 359 g/mol. The third kappa shape index (κ3) is 3.80. The summed E-state index contributed by atoms with van der Waals surface area (Å²) >= 11 is 0. The lowest BCUT2D eigenvalue weighted by molar-refractivity contribution is 0.0785. The molecule has 4 nitrogen and oxygen atoms in total. The number of ether oxygens (including phenoxy) is 2.